The zero-order valence-corrected chi connectivity index (χ0v) is 12.6. The molecule has 1 aliphatic heterocycles. The second kappa shape index (κ2) is 5.44. The number of para-hydroxylation sites is 1. The number of methoxy groups -OCH3 is 1. The van der Waals surface area contributed by atoms with Crippen molar-refractivity contribution in [3.8, 4) is 11.5 Å². The number of hydrogen-bond donors (Lipinski definition) is 0. The summed E-state index contributed by atoms with van der Waals surface area (Å²) in [4.78, 5) is -0.0585. The molecule has 1 aliphatic rings. The highest BCUT2D eigenvalue weighted by molar-refractivity contribution is 9.09. The minimum atomic E-state index is -0.266. The number of rotatable bonds is 3. The molecule has 104 valence electrons. The first kappa shape index (κ1) is 13.4. The number of hydrogen-bond acceptors (Lipinski definition) is 2. The Morgan fingerprint density at radius 1 is 1.30 bits per heavy atom. The van der Waals surface area contributed by atoms with Crippen molar-refractivity contribution in [3.05, 3.63) is 59.4 Å². The van der Waals surface area contributed by atoms with Crippen LogP contribution in [0.2, 0.25) is 0 Å². The van der Waals surface area contributed by atoms with Gasteiger partial charge in [-0.05, 0) is 24.3 Å². The van der Waals surface area contributed by atoms with Crippen molar-refractivity contribution in [2.24, 2.45) is 0 Å². The molecule has 0 fully saturated rings. The summed E-state index contributed by atoms with van der Waals surface area (Å²) < 4.78 is 24.5. The van der Waals surface area contributed by atoms with Gasteiger partial charge in [-0.3, -0.25) is 0 Å². The monoisotopic (exact) mass is 336 g/mol. The predicted octanol–water partition coefficient (Wildman–Crippen LogP) is 4.45. The molecule has 3 rings (SSSR count). The minimum absolute atomic E-state index is 0.0585. The summed E-state index contributed by atoms with van der Waals surface area (Å²) in [6, 6.07) is 12.5. The highest BCUT2D eigenvalue weighted by atomic mass is 79.9. The minimum Gasteiger partial charge on any atom is -0.496 e. The van der Waals surface area contributed by atoms with Gasteiger partial charge >= 0.3 is 0 Å². The third-order valence-corrected chi connectivity index (χ3v) is 4.71. The molecule has 2 aromatic carbocycles. The van der Waals surface area contributed by atoms with Crippen LogP contribution in [0.4, 0.5) is 4.39 Å². The van der Waals surface area contributed by atoms with E-state index in [1.807, 2.05) is 24.3 Å². The molecule has 0 amide bonds. The van der Waals surface area contributed by atoms with Crippen LogP contribution in [0.5, 0.6) is 11.5 Å². The summed E-state index contributed by atoms with van der Waals surface area (Å²) in [5, 5.41) is 0. The molecule has 4 heteroatoms. The summed E-state index contributed by atoms with van der Waals surface area (Å²) in [5.41, 5.74) is 1.94. The molecule has 0 bridgehead atoms. The third-order valence-electron chi connectivity index (χ3n) is 3.58. The number of alkyl halides is 1. The van der Waals surface area contributed by atoms with Crippen molar-refractivity contribution >= 4 is 15.9 Å². The van der Waals surface area contributed by atoms with Crippen LogP contribution in [-0.2, 0) is 0 Å². The van der Waals surface area contributed by atoms with Crippen molar-refractivity contribution in [2.45, 2.75) is 10.7 Å². The molecule has 0 N–H and O–H groups in total. The highest BCUT2D eigenvalue weighted by Crippen LogP contribution is 2.47. The average molecular weight is 337 g/mol. The Morgan fingerprint density at radius 3 is 2.90 bits per heavy atom. The fourth-order valence-corrected chi connectivity index (χ4v) is 3.36. The lowest BCUT2D eigenvalue weighted by Gasteiger charge is -2.19. The van der Waals surface area contributed by atoms with Crippen LogP contribution in [0.25, 0.3) is 0 Å². The third kappa shape index (κ3) is 2.29. The molecule has 0 aliphatic carbocycles. The van der Waals surface area contributed by atoms with Gasteiger partial charge in [-0.15, -0.1) is 0 Å². The van der Waals surface area contributed by atoms with Gasteiger partial charge in [0.15, 0.2) is 0 Å². The van der Waals surface area contributed by atoms with Crippen LogP contribution in [-0.4, -0.2) is 13.7 Å². The fraction of sp³-hybridized carbons (Fsp3) is 0.250. The quantitative estimate of drug-likeness (QED) is 0.771. The topological polar surface area (TPSA) is 18.5 Å². The maximum Gasteiger partial charge on any atom is 0.123 e. The van der Waals surface area contributed by atoms with E-state index in [0.717, 1.165) is 16.9 Å². The molecule has 2 nitrogen and oxygen atoms in total. The number of halogens is 2. The van der Waals surface area contributed by atoms with E-state index in [2.05, 4.69) is 15.9 Å². The van der Waals surface area contributed by atoms with Crippen LogP contribution in [0.1, 0.15) is 21.9 Å². The fourth-order valence-electron chi connectivity index (χ4n) is 2.57. The summed E-state index contributed by atoms with van der Waals surface area (Å²) >= 11 is 3.68. The highest BCUT2D eigenvalue weighted by Gasteiger charge is 2.32. The Bertz CT molecular complexity index is 630. The standard InChI is InChI=1S/C16H14BrFO2/c1-19-14-7-6-10(18)8-12(14)16(17)13-9-20-15-5-3-2-4-11(13)15/h2-8,13,16H,9H2,1H3. The molecule has 0 radical (unpaired) electrons. The molecule has 0 aromatic heterocycles. The molecule has 20 heavy (non-hydrogen) atoms. The van der Waals surface area contributed by atoms with Crippen LogP contribution in [0, 0.1) is 5.82 Å². The van der Waals surface area contributed by atoms with Gasteiger partial charge in [0.2, 0.25) is 0 Å². The number of ether oxygens (including phenoxy) is 2. The molecule has 1 heterocycles. The maximum atomic E-state index is 13.5. The van der Waals surface area contributed by atoms with Crippen LogP contribution in [0.15, 0.2) is 42.5 Å². The molecule has 0 spiro atoms. The zero-order valence-electron chi connectivity index (χ0n) is 11.0. The summed E-state index contributed by atoms with van der Waals surface area (Å²) in [5.74, 6) is 1.45. The van der Waals surface area contributed by atoms with Gasteiger partial charge in [0.1, 0.15) is 17.3 Å². The summed E-state index contributed by atoms with van der Waals surface area (Å²) in [6.45, 7) is 0.578. The van der Waals surface area contributed by atoms with Gasteiger partial charge in [-0.1, -0.05) is 34.1 Å². The van der Waals surface area contributed by atoms with E-state index >= 15 is 0 Å². The van der Waals surface area contributed by atoms with Crippen LogP contribution >= 0.6 is 15.9 Å². The molecule has 0 saturated heterocycles. The van der Waals surface area contributed by atoms with Crippen molar-refractivity contribution in [3.63, 3.8) is 0 Å². The first-order chi connectivity index (χ1) is 9.70. The maximum absolute atomic E-state index is 13.5. The van der Waals surface area contributed by atoms with E-state index in [9.17, 15) is 4.39 Å². The van der Waals surface area contributed by atoms with Gasteiger partial charge in [0.05, 0.1) is 18.5 Å². The summed E-state index contributed by atoms with van der Waals surface area (Å²) in [7, 11) is 1.59. The number of fused-ring (bicyclic) bond motifs is 1. The Hall–Kier alpha value is -1.55. The largest absolute Gasteiger partial charge is 0.496 e. The van der Waals surface area contributed by atoms with E-state index in [0.29, 0.717) is 12.4 Å². The molecular formula is C16H14BrFO2. The predicted molar refractivity (Wildman–Crippen MR) is 79.3 cm³/mol. The molecular weight excluding hydrogens is 323 g/mol. The van der Waals surface area contributed by atoms with Crippen LogP contribution in [0.3, 0.4) is 0 Å². The zero-order chi connectivity index (χ0) is 14.1. The van der Waals surface area contributed by atoms with Gasteiger partial charge in [-0.2, -0.15) is 0 Å². The smallest absolute Gasteiger partial charge is 0.123 e. The van der Waals surface area contributed by atoms with E-state index in [-0.39, 0.29) is 16.6 Å². The Morgan fingerprint density at radius 2 is 2.10 bits per heavy atom. The van der Waals surface area contributed by atoms with Crippen LogP contribution < -0.4 is 9.47 Å². The van der Waals surface area contributed by atoms with E-state index in [1.165, 1.54) is 12.1 Å². The van der Waals surface area contributed by atoms with Gasteiger partial charge in [-0.25, -0.2) is 4.39 Å². The second-order valence-electron chi connectivity index (χ2n) is 4.74. The molecule has 2 aromatic rings. The van der Waals surface area contributed by atoms with Gasteiger partial charge in [0, 0.05) is 17.0 Å². The average Bonchev–Trinajstić information content (AvgIpc) is 2.90. The summed E-state index contributed by atoms with van der Waals surface area (Å²) in [6.07, 6.45) is 0. The normalized spacial score (nSPS) is 18.2. The van der Waals surface area contributed by atoms with Crippen molar-refractivity contribution < 1.29 is 13.9 Å². The Kier molecular flexibility index (Phi) is 3.66. The lowest BCUT2D eigenvalue weighted by Crippen LogP contribution is -2.09. The Balaban J connectivity index is 1.98. The van der Waals surface area contributed by atoms with Crippen molar-refractivity contribution in [2.75, 3.05) is 13.7 Å². The molecule has 2 atom stereocenters. The van der Waals surface area contributed by atoms with E-state index in [1.54, 1.807) is 13.2 Å². The van der Waals surface area contributed by atoms with Gasteiger partial charge < -0.3 is 9.47 Å². The van der Waals surface area contributed by atoms with E-state index in [4.69, 9.17) is 9.47 Å². The second-order valence-corrected chi connectivity index (χ2v) is 5.73. The van der Waals surface area contributed by atoms with Crippen molar-refractivity contribution in [1.82, 2.24) is 0 Å². The Labute approximate surface area is 125 Å². The first-order valence-electron chi connectivity index (χ1n) is 6.40. The van der Waals surface area contributed by atoms with Crippen molar-refractivity contribution in [1.29, 1.82) is 0 Å². The lowest BCUT2D eigenvalue weighted by atomic mass is 9.93. The molecule has 2 unspecified atom stereocenters. The lowest BCUT2D eigenvalue weighted by molar-refractivity contribution is 0.327. The first-order valence-corrected chi connectivity index (χ1v) is 7.31. The van der Waals surface area contributed by atoms with Gasteiger partial charge in [0.25, 0.3) is 0 Å². The van der Waals surface area contributed by atoms with E-state index < -0.39 is 0 Å². The molecule has 0 saturated carbocycles. The number of benzene rings is 2. The SMILES string of the molecule is COc1ccc(F)cc1C(Br)C1COc2ccccc21.